The summed E-state index contributed by atoms with van der Waals surface area (Å²) >= 11 is 1.35. The van der Waals surface area contributed by atoms with Gasteiger partial charge in [-0.3, -0.25) is 4.79 Å². The summed E-state index contributed by atoms with van der Waals surface area (Å²) in [4.78, 5) is 23.8. The molecule has 1 aromatic rings. The van der Waals surface area contributed by atoms with Crippen LogP contribution in [0.25, 0.3) is 0 Å². The molecule has 6 heteroatoms. The van der Waals surface area contributed by atoms with Crippen LogP contribution in [0.1, 0.15) is 20.3 Å². The van der Waals surface area contributed by atoms with Crippen molar-refractivity contribution in [2.45, 2.75) is 31.2 Å². The summed E-state index contributed by atoms with van der Waals surface area (Å²) in [5, 5.41) is 11.6. The minimum absolute atomic E-state index is 0.176. The first-order valence-electron chi connectivity index (χ1n) is 6.71. The Hall–Kier alpha value is -1.69. The summed E-state index contributed by atoms with van der Waals surface area (Å²) in [6.45, 7) is 3.85. The first kappa shape index (κ1) is 17.4. The van der Waals surface area contributed by atoms with Crippen LogP contribution in [0.5, 0.6) is 5.75 Å². The first-order chi connectivity index (χ1) is 9.92. The molecule has 0 saturated heterocycles. The summed E-state index contributed by atoms with van der Waals surface area (Å²) in [5.41, 5.74) is 0. The SMILES string of the molecule is COc1cccc(SCC(=O)N[C@@H](CC(C)C)C(=O)O)c1. The van der Waals surface area contributed by atoms with Gasteiger partial charge in [0.2, 0.25) is 5.91 Å². The molecule has 1 rings (SSSR count). The number of hydrogen-bond donors (Lipinski definition) is 2. The Balaban J connectivity index is 2.50. The van der Waals surface area contributed by atoms with Crippen LogP contribution in [0.3, 0.4) is 0 Å². The van der Waals surface area contributed by atoms with Crippen LogP contribution in [-0.4, -0.2) is 35.9 Å². The van der Waals surface area contributed by atoms with Crippen molar-refractivity contribution < 1.29 is 19.4 Å². The van der Waals surface area contributed by atoms with E-state index >= 15 is 0 Å². The van der Waals surface area contributed by atoms with Crippen molar-refractivity contribution >= 4 is 23.6 Å². The lowest BCUT2D eigenvalue weighted by molar-refractivity contribution is -0.141. The molecule has 0 fully saturated rings. The number of nitrogens with one attached hydrogen (secondary N) is 1. The van der Waals surface area contributed by atoms with Crippen LogP contribution in [0.2, 0.25) is 0 Å². The summed E-state index contributed by atoms with van der Waals surface area (Å²) in [6.07, 6.45) is 0.422. The summed E-state index contributed by atoms with van der Waals surface area (Å²) < 4.78 is 5.11. The topological polar surface area (TPSA) is 75.6 Å². The van der Waals surface area contributed by atoms with Gasteiger partial charge in [-0.05, 0) is 30.5 Å². The van der Waals surface area contributed by atoms with Crippen molar-refractivity contribution in [3.63, 3.8) is 0 Å². The second-order valence-electron chi connectivity index (χ2n) is 5.06. The van der Waals surface area contributed by atoms with Crippen LogP contribution in [0, 0.1) is 5.92 Å². The third kappa shape index (κ3) is 6.53. The fourth-order valence-electron chi connectivity index (χ4n) is 1.77. The Kier molecular flexibility index (Phi) is 7.08. The average Bonchev–Trinajstić information content (AvgIpc) is 2.44. The fraction of sp³-hybridized carbons (Fsp3) is 0.467. The van der Waals surface area contributed by atoms with E-state index in [-0.39, 0.29) is 17.6 Å². The van der Waals surface area contributed by atoms with Crippen molar-refractivity contribution in [2.24, 2.45) is 5.92 Å². The third-order valence-electron chi connectivity index (χ3n) is 2.75. The van der Waals surface area contributed by atoms with E-state index in [9.17, 15) is 9.59 Å². The van der Waals surface area contributed by atoms with Crippen molar-refractivity contribution in [2.75, 3.05) is 12.9 Å². The Morgan fingerprint density at radius 2 is 2.10 bits per heavy atom. The number of rotatable bonds is 8. The standard InChI is InChI=1S/C15H21NO4S/c1-10(2)7-13(15(18)19)16-14(17)9-21-12-6-4-5-11(8-12)20-3/h4-6,8,10,13H,7,9H2,1-3H3,(H,16,17)(H,18,19)/t13-/m0/s1. The van der Waals surface area contributed by atoms with Gasteiger partial charge in [0, 0.05) is 4.90 Å². The number of amides is 1. The maximum Gasteiger partial charge on any atom is 0.326 e. The molecule has 0 unspecified atom stereocenters. The van der Waals surface area contributed by atoms with E-state index < -0.39 is 12.0 Å². The predicted molar refractivity (Wildman–Crippen MR) is 82.7 cm³/mol. The summed E-state index contributed by atoms with van der Waals surface area (Å²) in [6, 6.07) is 6.55. The molecule has 21 heavy (non-hydrogen) atoms. The molecule has 0 spiro atoms. The van der Waals surface area contributed by atoms with Gasteiger partial charge < -0.3 is 15.2 Å². The summed E-state index contributed by atoms with van der Waals surface area (Å²) in [5.74, 6) is -0.171. The van der Waals surface area contributed by atoms with E-state index in [4.69, 9.17) is 9.84 Å². The zero-order chi connectivity index (χ0) is 15.8. The number of methoxy groups -OCH3 is 1. The molecule has 0 aliphatic carbocycles. The number of benzene rings is 1. The molecule has 1 atom stereocenters. The van der Waals surface area contributed by atoms with Crippen LogP contribution in [-0.2, 0) is 9.59 Å². The number of ether oxygens (including phenoxy) is 1. The highest BCUT2D eigenvalue weighted by molar-refractivity contribution is 8.00. The molecular formula is C15H21NO4S. The fourth-order valence-corrected chi connectivity index (χ4v) is 2.52. The smallest absolute Gasteiger partial charge is 0.326 e. The molecule has 116 valence electrons. The lowest BCUT2D eigenvalue weighted by Crippen LogP contribution is -2.42. The second kappa shape index (κ2) is 8.56. The van der Waals surface area contributed by atoms with Gasteiger partial charge >= 0.3 is 5.97 Å². The number of carbonyl (C=O) groups excluding carboxylic acids is 1. The number of thioether (sulfide) groups is 1. The monoisotopic (exact) mass is 311 g/mol. The normalized spacial score (nSPS) is 12.0. The van der Waals surface area contributed by atoms with Gasteiger partial charge in [0.15, 0.2) is 0 Å². The quantitative estimate of drug-likeness (QED) is 0.721. The van der Waals surface area contributed by atoms with Crippen molar-refractivity contribution in [1.29, 1.82) is 0 Å². The molecule has 0 radical (unpaired) electrons. The zero-order valence-corrected chi connectivity index (χ0v) is 13.3. The zero-order valence-electron chi connectivity index (χ0n) is 12.5. The lowest BCUT2D eigenvalue weighted by atomic mass is 10.0. The maximum absolute atomic E-state index is 11.8. The molecule has 0 saturated carbocycles. The molecule has 1 amide bonds. The van der Waals surface area contributed by atoms with Gasteiger partial charge in [-0.15, -0.1) is 11.8 Å². The Bertz CT molecular complexity index is 490. The second-order valence-corrected chi connectivity index (χ2v) is 6.10. The lowest BCUT2D eigenvalue weighted by Gasteiger charge is -2.16. The van der Waals surface area contributed by atoms with Gasteiger partial charge in [-0.2, -0.15) is 0 Å². The Labute approximate surface area is 129 Å². The summed E-state index contributed by atoms with van der Waals surface area (Å²) in [7, 11) is 1.58. The van der Waals surface area contributed by atoms with Gasteiger partial charge in [0.25, 0.3) is 0 Å². The number of carboxylic acid groups (broad SMARTS) is 1. The van der Waals surface area contributed by atoms with Crippen molar-refractivity contribution in [3.8, 4) is 5.75 Å². The molecule has 0 bridgehead atoms. The van der Waals surface area contributed by atoms with Gasteiger partial charge in [-0.1, -0.05) is 19.9 Å². The van der Waals surface area contributed by atoms with E-state index in [0.717, 1.165) is 10.6 Å². The van der Waals surface area contributed by atoms with Gasteiger partial charge in [0.1, 0.15) is 11.8 Å². The van der Waals surface area contributed by atoms with Crippen LogP contribution in [0.15, 0.2) is 29.2 Å². The molecule has 0 heterocycles. The molecule has 2 N–H and O–H groups in total. The molecule has 0 aliphatic rings. The average molecular weight is 311 g/mol. The van der Waals surface area contributed by atoms with Gasteiger partial charge in [-0.25, -0.2) is 4.79 Å². The number of aliphatic carboxylic acids is 1. The number of carboxylic acids is 1. The molecule has 0 aliphatic heterocycles. The Morgan fingerprint density at radius 3 is 2.67 bits per heavy atom. The largest absolute Gasteiger partial charge is 0.497 e. The van der Waals surface area contributed by atoms with E-state index in [1.165, 1.54) is 11.8 Å². The predicted octanol–water partition coefficient (Wildman–Crippen LogP) is 2.40. The van der Waals surface area contributed by atoms with Crippen molar-refractivity contribution in [3.05, 3.63) is 24.3 Å². The van der Waals surface area contributed by atoms with Crippen LogP contribution < -0.4 is 10.1 Å². The van der Waals surface area contributed by atoms with Crippen molar-refractivity contribution in [1.82, 2.24) is 5.32 Å². The molecular weight excluding hydrogens is 290 g/mol. The molecule has 0 aromatic heterocycles. The van der Waals surface area contributed by atoms with E-state index in [0.29, 0.717) is 6.42 Å². The maximum atomic E-state index is 11.8. The highest BCUT2D eigenvalue weighted by Gasteiger charge is 2.20. The number of hydrogen-bond acceptors (Lipinski definition) is 4. The van der Waals surface area contributed by atoms with Crippen LogP contribution >= 0.6 is 11.8 Å². The van der Waals surface area contributed by atoms with E-state index in [1.807, 2.05) is 38.1 Å². The van der Waals surface area contributed by atoms with Gasteiger partial charge in [0.05, 0.1) is 12.9 Å². The van der Waals surface area contributed by atoms with E-state index in [1.54, 1.807) is 7.11 Å². The Morgan fingerprint density at radius 1 is 1.38 bits per heavy atom. The van der Waals surface area contributed by atoms with Crippen LogP contribution in [0.4, 0.5) is 0 Å². The minimum Gasteiger partial charge on any atom is -0.497 e. The first-order valence-corrected chi connectivity index (χ1v) is 7.70. The molecule has 5 nitrogen and oxygen atoms in total. The number of carbonyl (C=O) groups is 2. The molecule has 1 aromatic carbocycles. The highest BCUT2D eigenvalue weighted by atomic mass is 32.2. The third-order valence-corrected chi connectivity index (χ3v) is 3.75. The minimum atomic E-state index is -0.997. The highest BCUT2D eigenvalue weighted by Crippen LogP contribution is 2.22. The van der Waals surface area contributed by atoms with E-state index in [2.05, 4.69) is 5.32 Å².